The molecule has 0 aliphatic heterocycles. The van der Waals surface area contributed by atoms with Crippen LogP contribution in [0.3, 0.4) is 0 Å². The number of para-hydroxylation sites is 1. The maximum Gasteiger partial charge on any atom is 0.307 e. The number of rotatable bonds is 3. The van der Waals surface area contributed by atoms with Crippen molar-refractivity contribution in [3.63, 3.8) is 0 Å². The first-order valence-electron chi connectivity index (χ1n) is 6.69. The van der Waals surface area contributed by atoms with E-state index in [1.165, 1.54) is 0 Å². The largest absolute Gasteiger partial charge is 0.481 e. The van der Waals surface area contributed by atoms with Crippen LogP contribution in [0, 0.1) is 24.7 Å². The lowest BCUT2D eigenvalue weighted by molar-refractivity contribution is -0.145. The molecule has 2 rings (SSSR count). The van der Waals surface area contributed by atoms with Gasteiger partial charge in [-0.1, -0.05) is 30.7 Å². The van der Waals surface area contributed by atoms with Crippen molar-refractivity contribution < 1.29 is 14.7 Å². The maximum atomic E-state index is 12.3. The smallest absolute Gasteiger partial charge is 0.307 e. The predicted octanol–water partition coefficient (Wildman–Crippen LogP) is 3.33. The van der Waals surface area contributed by atoms with Crippen molar-refractivity contribution in [2.45, 2.75) is 26.7 Å². The summed E-state index contributed by atoms with van der Waals surface area (Å²) in [6.45, 7) is 3.83. The molecule has 1 amide bonds. The molecule has 20 heavy (non-hydrogen) atoms. The van der Waals surface area contributed by atoms with E-state index in [-0.39, 0.29) is 11.8 Å². The van der Waals surface area contributed by atoms with Gasteiger partial charge in [0, 0.05) is 0 Å². The van der Waals surface area contributed by atoms with Gasteiger partial charge in [0.25, 0.3) is 0 Å². The van der Waals surface area contributed by atoms with Gasteiger partial charge in [-0.25, -0.2) is 0 Å². The van der Waals surface area contributed by atoms with Crippen molar-refractivity contribution >= 4 is 29.2 Å². The number of carbonyl (C=O) groups is 2. The summed E-state index contributed by atoms with van der Waals surface area (Å²) < 4.78 is 0. The summed E-state index contributed by atoms with van der Waals surface area (Å²) in [6.07, 6.45) is 1.15. The van der Waals surface area contributed by atoms with E-state index < -0.39 is 17.8 Å². The average Bonchev–Trinajstić information content (AvgIpc) is 2.76. The van der Waals surface area contributed by atoms with Crippen LogP contribution in [0.4, 0.5) is 5.69 Å². The molecule has 0 spiro atoms. The molecule has 1 saturated carbocycles. The molecule has 3 atom stereocenters. The molecule has 1 fully saturated rings. The molecule has 2 N–H and O–H groups in total. The van der Waals surface area contributed by atoms with E-state index in [0.717, 1.165) is 5.56 Å². The number of aryl methyl sites for hydroxylation is 1. The van der Waals surface area contributed by atoms with Crippen LogP contribution in [0.15, 0.2) is 18.2 Å². The van der Waals surface area contributed by atoms with E-state index in [1.54, 1.807) is 6.07 Å². The van der Waals surface area contributed by atoms with Crippen molar-refractivity contribution in [3.05, 3.63) is 28.8 Å². The summed E-state index contributed by atoms with van der Waals surface area (Å²) >= 11 is 6.08. The fraction of sp³-hybridized carbons (Fsp3) is 0.467. The first-order chi connectivity index (χ1) is 9.40. The minimum absolute atomic E-state index is 0.249. The third-order valence-electron chi connectivity index (χ3n) is 3.92. The topological polar surface area (TPSA) is 66.4 Å². The number of carbonyl (C=O) groups excluding carboxylic acids is 1. The number of anilines is 1. The highest BCUT2D eigenvalue weighted by molar-refractivity contribution is 6.34. The SMILES string of the molecule is Cc1cccc(Cl)c1NC(=O)C1CC(C)CC1C(=O)O. The van der Waals surface area contributed by atoms with E-state index in [1.807, 2.05) is 26.0 Å². The molecule has 0 heterocycles. The molecule has 1 aliphatic rings. The third-order valence-corrected chi connectivity index (χ3v) is 4.24. The van der Waals surface area contributed by atoms with Gasteiger partial charge in [0.1, 0.15) is 0 Å². The number of carboxylic acids is 1. The Bertz CT molecular complexity index is 524. The van der Waals surface area contributed by atoms with Gasteiger partial charge >= 0.3 is 5.97 Å². The van der Waals surface area contributed by atoms with Gasteiger partial charge in [-0.3, -0.25) is 9.59 Å². The summed E-state index contributed by atoms with van der Waals surface area (Å²) in [4.78, 5) is 23.6. The van der Waals surface area contributed by atoms with Crippen LogP contribution < -0.4 is 5.32 Å². The maximum absolute atomic E-state index is 12.3. The normalized spacial score (nSPS) is 25.4. The van der Waals surface area contributed by atoms with Crippen molar-refractivity contribution in [1.82, 2.24) is 0 Å². The van der Waals surface area contributed by atoms with Crippen LogP contribution in [0.2, 0.25) is 5.02 Å². The Kier molecular flexibility index (Phi) is 4.33. The van der Waals surface area contributed by atoms with E-state index in [0.29, 0.717) is 23.6 Å². The Hall–Kier alpha value is -1.55. The van der Waals surface area contributed by atoms with Crippen molar-refractivity contribution in [2.24, 2.45) is 17.8 Å². The third kappa shape index (κ3) is 2.96. The molecular formula is C15H18ClNO3. The summed E-state index contributed by atoms with van der Waals surface area (Å²) in [5.74, 6) is -1.99. The Balaban J connectivity index is 2.18. The molecule has 4 nitrogen and oxygen atoms in total. The quantitative estimate of drug-likeness (QED) is 0.899. The molecule has 0 radical (unpaired) electrons. The molecule has 3 unspecified atom stereocenters. The minimum Gasteiger partial charge on any atom is -0.481 e. The lowest BCUT2D eigenvalue weighted by atomic mass is 9.95. The summed E-state index contributed by atoms with van der Waals surface area (Å²) in [5.41, 5.74) is 1.44. The van der Waals surface area contributed by atoms with Gasteiger partial charge in [0.2, 0.25) is 5.91 Å². The second-order valence-corrected chi connectivity index (χ2v) is 5.96. The van der Waals surface area contributed by atoms with E-state index >= 15 is 0 Å². The van der Waals surface area contributed by atoms with Crippen LogP contribution in [0.1, 0.15) is 25.3 Å². The van der Waals surface area contributed by atoms with Crippen LogP contribution in [-0.2, 0) is 9.59 Å². The standard InChI is InChI=1S/C15H18ClNO3/c1-8-6-10(11(7-8)15(19)20)14(18)17-13-9(2)4-3-5-12(13)16/h3-5,8,10-11H,6-7H2,1-2H3,(H,17,18)(H,19,20). The molecule has 1 aromatic carbocycles. The summed E-state index contributed by atoms with van der Waals surface area (Å²) in [7, 11) is 0. The molecule has 0 saturated heterocycles. The molecular weight excluding hydrogens is 278 g/mol. The molecule has 1 aliphatic carbocycles. The Morgan fingerprint density at radius 1 is 1.30 bits per heavy atom. The highest BCUT2D eigenvalue weighted by Gasteiger charge is 2.41. The summed E-state index contributed by atoms with van der Waals surface area (Å²) in [6, 6.07) is 5.37. The van der Waals surface area contributed by atoms with Crippen molar-refractivity contribution in [3.8, 4) is 0 Å². The second kappa shape index (κ2) is 5.83. The van der Waals surface area contributed by atoms with Crippen LogP contribution >= 0.6 is 11.6 Å². The fourth-order valence-corrected chi connectivity index (χ4v) is 3.13. The number of hydrogen-bond donors (Lipinski definition) is 2. The fourth-order valence-electron chi connectivity index (χ4n) is 2.86. The van der Waals surface area contributed by atoms with Crippen LogP contribution in [0.25, 0.3) is 0 Å². The zero-order valence-electron chi connectivity index (χ0n) is 11.5. The lowest BCUT2D eigenvalue weighted by Crippen LogP contribution is -2.30. The van der Waals surface area contributed by atoms with E-state index in [4.69, 9.17) is 11.6 Å². The predicted molar refractivity (Wildman–Crippen MR) is 77.8 cm³/mol. The second-order valence-electron chi connectivity index (χ2n) is 5.55. The van der Waals surface area contributed by atoms with Crippen LogP contribution in [-0.4, -0.2) is 17.0 Å². The minimum atomic E-state index is -0.898. The number of halogens is 1. The van der Waals surface area contributed by atoms with Crippen LogP contribution in [0.5, 0.6) is 0 Å². The number of nitrogens with one attached hydrogen (secondary N) is 1. The highest BCUT2D eigenvalue weighted by Crippen LogP contribution is 2.37. The van der Waals surface area contributed by atoms with Gasteiger partial charge in [-0.15, -0.1) is 0 Å². The number of amides is 1. The number of aliphatic carboxylic acids is 1. The molecule has 108 valence electrons. The number of benzene rings is 1. The molecule has 1 aromatic rings. The number of hydrogen-bond acceptors (Lipinski definition) is 2. The van der Waals surface area contributed by atoms with Crippen molar-refractivity contribution in [1.29, 1.82) is 0 Å². The van der Waals surface area contributed by atoms with Gasteiger partial charge in [-0.05, 0) is 37.3 Å². The van der Waals surface area contributed by atoms with Gasteiger partial charge in [0.05, 0.1) is 22.5 Å². The van der Waals surface area contributed by atoms with E-state index in [9.17, 15) is 14.7 Å². The number of carboxylic acid groups (broad SMARTS) is 1. The molecule has 0 bridgehead atoms. The Morgan fingerprint density at radius 3 is 2.55 bits per heavy atom. The van der Waals surface area contributed by atoms with Crippen molar-refractivity contribution in [2.75, 3.05) is 5.32 Å². The van der Waals surface area contributed by atoms with Gasteiger partial charge in [-0.2, -0.15) is 0 Å². The first kappa shape index (κ1) is 14.9. The first-order valence-corrected chi connectivity index (χ1v) is 7.06. The average molecular weight is 296 g/mol. The molecule has 0 aromatic heterocycles. The monoisotopic (exact) mass is 295 g/mol. The van der Waals surface area contributed by atoms with Gasteiger partial charge in [0.15, 0.2) is 0 Å². The zero-order valence-corrected chi connectivity index (χ0v) is 12.3. The van der Waals surface area contributed by atoms with Gasteiger partial charge < -0.3 is 10.4 Å². The lowest BCUT2D eigenvalue weighted by Gasteiger charge is -2.17. The zero-order chi connectivity index (χ0) is 14.9. The Labute approximate surface area is 123 Å². The Morgan fingerprint density at radius 2 is 1.95 bits per heavy atom. The highest BCUT2D eigenvalue weighted by atomic mass is 35.5. The summed E-state index contributed by atoms with van der Waals surface area (Å²) in [5, 5.41) is 12.5. The van der Waals surface area contributed by atoms with E-state index in [2.05, 4.69) is 5.32 Å². The molecule has 5 heteroatoms.